The summed E-state index contributed by atoms with van der Waals surface area (Å²) in [5.74, 6) is 1.80. The fraction of sp³-hybridized carbons (Fsp3) is 0.190. The highest BCUT2D eigenvalue weighted by atomic mass is 32.1. The first-order valence-electron chi connectivity index (χ1n) is 8.85. The summed E-state index contributed by atoms with van der Waals surface area (Å²) in [7, 11) is 0. The van der Waals surface area contributed by atoms with Crippen LogP contribution in [0.1, 0.15) is 17.7 Å². The Morgan fingerprint density at radius 3 is 2.58 bits per heavy atom. The smallest absolute Gasteiger partial charge is 0.162 e. The summed E-state index contributed by atoms with van der Waals surface area (Å²) in [5.41, 5.74) is 1.99. The number of hydrogen-bond donors (Lipinski definition) is 0. The molecule has 3 aromatic heterocycles. The van der Waals surface area contributed by atoms with Gasteiger partial charge in [-0.05, 0) is 48.6 Å². The number of hydrogen-bond acceptors (Lipinski definition) is 5. The molecule has 1 saturated carbocycles. The van der Waals surface area contributed by atoms with Gasteiger partial charge in [-0.25, -0.2) is 9.97 Å². The third-order valence-corrected chi connectivity index (χ3v) is 5.55. The van der Waals surface area contributed by atoms with Gasteiger partial charge in [-0.15, -0.1) is 11.3 Å². The zero-order valence-electron chi connectivity index (χ0n) is 14.2. The Kier molecular flexibility index (Phi) is 3.87. The molecule has 0 radical (unpaired) electrons. The standard InChI is InChI=1S/C21H18N4S/c1-2-6-19-18(5-1)21(24-20(23-19)15-9-11-22-12-10-15)25(16-7-8-16)14-17-4-3-13-26-17/h1-6,9-13,16H,7-8,14H2. The molecule has 0 saturated heterocycles. The van der Waals surface area contributed by atoms with Crippen LogP contribution >= 0.6 is 11.3 Å². The van der Waals surface area contributed by atoms with Crippen molar-refractivity contribution >= 4 is 28.1 Å². The minimum Gasteiger partial charge on any atom is -0.348 e. The fourth-order valence-corrected chi connectivity index (χ4v) is 3.95. The molecule has 1 aliphatic carbocycles. The SMILES string of the molecule is c1csc(CN(c2nc(-c3ccncc3)nc3ccccc23)C2CC2)c1. The van der Waals surface area contributed by atoms with Crippen molar-refractivity contribution in [1.82, 2.24) is 15.0 Å². The van der Waals surface area contributed by atoms with Gasteiger partial charge in [0.05, 0.1) is 12.1 Å². The van der Waals surface area contributed by atoms with Crippen LogP contribution < -0.4 is 4.90 Å². The topological polar surface area (TPSA) is 41.9 Å². The number of pyridine rings is 1. The number of thiophene rings is 1. The van der Waals surface area contributed by atoms with Crippen LogP contribution in [0.4, 0.5) is 5.82 Å². The molecule has 4 aromatic rings. The van der Waals surface area contributed by atoms with Crippen LogP contribution in [0.25, 0.3) is 22.3 Å². The molecule has 26 heavy (non-hydrogen) atoms. The van der Waals surface area contributed by atoms with Crippen LogP contribution in [0, 0.1) is 0 Å². The Morgan fingerprint density at radius 2 is 1.81 bits per heavy atom. The molecule has 0 unspecified atom stereocenters. The summed E-state index contributed by atoms with van der Waals surface area (Å²) in [6, 6.07) is 17.1. The molecule has 0 atom stereocenters. The van der Waals surface area contributed by atoms with Gasteiger partial charge in [0.15, 0.2) is 5.82 Å². The molecule has 0 amide bonds. The van der Waals surface area contributed by atoms with E-state index in [1.165, 1.54) is 17.7 Å². The van der Waals surface area contributed by atoms with Crippen LogP contribution in [-0.2, 0) is 6.54 Å². The van der Waals surface area contributed by atoms with Gasteiger partial charge in [0.1, 0.15) is 5.82 Å². The molecule has 128 valence electrons. The molecule has 1 aromatic carbocycles. The number of fused-ring (bicyclic) bond motifs is 1. The molecule has 0 aliphatic heterocycles. The van der Waals surface area contributed by atoms with Crippen molar-refractivity contribution < 1.29 is 0 Å². The highest BCUT2D eigenvalue weighted by Gasteiger charge is 2.31. The Balaban J connectivity index is 1.67. The molecule has 1 aliphatic rings. The number of benzene rings is 1. The maximum absolute atomic E-state index is 5.00. The normalized spacial score (nSPS) is 13.8. The zero-order chi connectivity index (χ0) is 17.3. The number of anilines is 1. The van der Waals surface area contributed by atoms with Gasteiger partial charge in [0.25, 0.3) is 0 Å². The van der Waals surface area contributed by atoms with E-state index in [-0.39, 0.29) is 0 Å². The number of nitrogens with zero attached hydrogens (tertiary/aromatic N) is 4. The zero-order valence-corrected chi connectivity index (χ0v) is 15.1. The summed E-state index contributed by atoms with van der Waals surface area (Å²) < 4.78 is 0. The Hall–Kier alpha value is -2.79. The average Bonchev–Trinajstić information content (AvgIpc) is 3.42. The van der Waals surface area contributed by atoms with E-state index in [2.05, 4.69) is 45.6 Å². The summed E-state index contributed by atoms with van der Waals surface area (Å²) in [6.07, 6.45) is 6.04. The highest BCUT2D eigenvalue weighted by Crippen LogP contribution is 2.37. The van der Waals surface area contributed by atoms with Crippen LogP contribution in [0.15, 0.2) is 66.3 Å². The van der Waals surface area contributed by atoms with E-state index in [0.717, 1.165) is 34.7 Å². The minimum absolute atomic E-state index is 0.570. The largest absolute Gasteiger partial charge is 0.348 e. The van der Waals surface area contributed by atoms with Crippen LogP contribution in [0.5, 0.6) is 0 Å². The molecule has 3 heterocycles. The van der Waals surface area contributed by atoms with Crippen LogP contribution in [0.3, 0.4) is 0 Å². The first-order valence-corrected chi connectivity index (χ1v) is 9.73. The molecule has 4 nitrogen and oxygen atoms in total. The second-order valence-corrected chi connectivity index (χ2v) is 7.59. The predicted octanol–water partition coefficient (Wildman–Crippen LogP) is 4.92. The van der Waals surface area contributed by atoms with Gasteiger partial charge >= 0.3 is 0 Å². The van der Waals surface area contributed by atoms with Crippen molar-refractivity contribution in [3.8, 4) is 11.4 Å². The highest BCUT2D eigenvalue weighted by molar-refractivity contribution is 7.09. The van der Waals surface area contributed by atoms with Crippen molar-refractivity contribution in [2.75, 3.05) is 4.90 Å². The van der Waals surface area contributed by atoms with E-state index in [1.54, 1.807) is 23.7 Å². The number of para-hydroxylation sites is 1. The Labute approximate surface area is 156 Å². The molecule has 1 fully saturated rings. The lowest BCUT2D eigenvalue weighted by atomic mass is 10.2. The summed E-state index contributed by atoms with van der Waals surface area (Å²) >= 11 is 1.80. The first kappa shape index (κ1) is 15.5. The van der Waals surface area contributed by atoms with Gasteiger partial charge in [0.2, 0.25) is 0 Å². The monoisotopic (exact) mass is 358 g/mol. The van der Waals surface area contributed by atoms with E-state index in [0.29, 0.717) is 6.04 Å². The third-order valence-electron chi connectivity index (χ3n) is 4.69. The molecule has 5 heteroatoms. The second kappa shape index (κ2) is 6.50. The maximum atomic E-state index is 5.00. The van der Waals surface area contributed by atoms with Gasteiger partial charge in [-0.1, -0.05) is 18.2 Å². The van der Waals surface area contributed by atoms with E-state index in [9.17, 15) is 0 Å². The molecule has 0 bridgehead atoms. The third kappa shape index (κ3) is 2.95. The Bertz CT molecular complexity index is 1030. The van der Waals surface area contributed by atoms with Crippen LogP contribution in [-0.4, -0.2) is 21.0 Å². The maximum Gasteiger partial charge on any atom is 0.162 e. The molecule has 0 N–H and O–H groups in total. The predicted molar refractivity (Wildman–Crippen MR) is 106 cm³/mol. The first-order chi connectivity index (χ1) is 12.9. The summed E-state index contributed by atoms with van der Waals surface area (Å²) in [4.78, 5) is 17.7. The number of aromatic nitrogens is 3. The average molecular weight is 358 g/mol. The lowest BCUT2D eigenvalue weighted by molar-refractivity contribution is 0.790. The summed E-state index contributed by atoms with van der Waals surface area (Å²) in [6.45, 7) is 0.902. The van der Waals surface area contributed by atoms with Crippen molar-refractivity contribution in [2.24, 2.45) is 0 Å². The lowest BCUT2D eigenvalue weighted by Crippen LogP contribution is -2.26. The van der Waals surface area contributed by atoms with Gasteiger partial charge in [0, 0.05) is 34.3 Å². The number of rotatable bonds is 5. The van der Waals surface area contributed by atoms with Gasteiger partial charge < -0.3 is 4.90 Å². The molecular weight excluding hydrogens is 340 g/mol. The van der Waals surface area contributed by atoms with Crippen molar-refractivity contribution in [2.45, 2.75) is 25.4 Å². The summed E-state index contributed by atoms with van der Waals surface area (Å²) in [5, 5.41) is 3.26. The van der Waals surface area contributed by atoms with E-state index in [1.807, 2.05) is 18.2 Å². The second-order valence-electron chi connectivity index (χ2n) is 6.56. The molecular formula is C21H18N4S. The fourth-order valence-electron chi connectivity index (χ4n) is 3.24. The van der Waals surface area contributed by atoms with Gasteiger partial charge in [-0.3, -0.25) is 4.98 Å². The molecule has 5 rings (SSSR count). The Morgan fingerprint density at radius 1 is 0.962 bits per heavy atom. The van der Waals surface area contributed by atoms with E-state index >= 15 is 0 Å². The van der Waals surface area contributed by atoms with E-state index < -0.39 is 0 Å². The lowest BCUT2D eigenvalue weighted by Gasteiger charge is -2.25. The van der Waals surface area contributed by atoms with Crippen molar-refractivity contribution in [3.05, 3.63) is 71.2 Å². The van der Waals surface area contributed by atoms with Gasteiger partial charge in [-0.2, -0.15) is 0 Å². The van der Waals surface area contributed by atoms with Crippen molar-refractivity contribution in [3.63, 3.8) is 0 Å². The quantitative estimate of drug-likeness (QED) is 0.508. The van der Waals surface area contributed by atoms with Crippen molar-refractivity contribution in [1.29, 1.82) is 0 Å². The van der Waals surface area contributed by atoms with Crippen LogP contribution in [0.2, 0.25) is 0 Å². The minimum atomic E-state index is 0.570. The molecule has 0 spiro atoms. The van der Waals surface area contributed by atoms with E-state index in [4.69, 9.17) is 9.97 Å².